The molecule has 7 atom stereocenters. The van der Waals surface area contributed by atoms with Crippen molar-refractivity contribution in [1.82, 2.24) is 0 Å². The van der Waals surface area contributed by atoms with Gasteiger partial charge in [0.2, 0.25) is 0 Å². The molecule has 198 valence electrons. The lowest BCUT2D eigenvalue weighted by Crippen LogP contribution is -2.50. The van der Waals surface area contributed by atoms with Gasteiger partial charge in [-0.25, -0.2) is 0 Å². The van der Waals surface area contributed by atoms with Crippen LogP contribution >= 0.6 is 0 Å². The Morgan fingerprint density at radius 2 is 1.71 bits per heavy atom. The molecule has 4 rings (SSSR count). The van der Waals surface area contributed by atoms with E-state index in [0.29, 0.717) is 10.8 Å². The van der Waals surface area contributed by atoms with E-state index >= 15 is 0 Å². The minimum absolute atomic E-state index is 0.114. The predicted molar refractivity (Wildman–Crippen MR) is 147 cm³/mol. The molecule has 0 saturated heterocycles. The second-order valence-electron chi connectivity index (χ2n) is 12.2. The summed E-state index contributed by atoms with van der Waals surface area (Å²) < 4.78 is 5.60. The molecule has 7 unspecified atom stereocenters. The van der Waals surface area contributed by atoms with Gasteiger partial charge in [0.15, 0.2) is 0 Å². The fourth-order valence-electron chi connectivity index (χ4n) is 8.49. The number of unbranched alkanes of at least 4 members (excludes halogenated alkanes) is 1. The van der Waals surface area contributed by atoms with Gasteiger partial charge in [-0.15, -0.1) is 0 Å². The Balaban J connectivity index is 0.000000970. The molecule has 0 heterocycles. The van der Waals surface area contributed by atoms with Crippen LogP contribution in [0.25, 0.3) is 0 Å². The Morgan fingerprint density at radius 1 is 1.00 bits per heavy atom. The van der Waals surface area contributed by atoms with Crippen molar-refractivity contribution in [3.63, 3.8) is 0 Å². The summed E-state index contributed by atoms with van der Waals surface area (Å²) in [5, 5.41) is 0. The molecule has 34 heavy (non-hydrogen) atoms. The molecule has 0 aromatic heterocycles. The summed E-state index contributed by atoms with van der Waals surface area (Å²) in [5.41, 5.74) is 2.57. The van der Waals surface area contributed by atoms with Crippen LogP contribution in [-0.4, -0.2) is 12.1 Å². The number of hydrogen-bond donors (Lipinski definition) is 0. The maximum absolute atomic E-state index is 11.5. The van der Waals surface area contributed by atoms with Gasteiger partial charge in [0.25, 0.3) is 0 Å². The van der Waals surface area contributed by atoms with Crippen LogP contribution < -0.4 is 0 Å². The zero-order chi connectivity index (χ0) is 25.5. The van der Waals surface area contributed by atoms with Crippen LogP contribution in [0.4, 0.5) is 0 Å². The zero-order valence-electron chi connectivity index (χ0n) is 24.3. The molecule has 4 aliphatic rings. The van der Waals surface area contributed by atoms with Crippen LogP contribution in [0.15, 0.2) is 11.6 Å². The molecule has 0 spiro atoms. The Hall–Kier alpha value is -0.790. The Kier molecular flexibility index (Phi) is 11.2. The molecule has 0 aromatic carbocycles. The van der Waals surface area contributed by atoms with Crippen molar-refractivity contribution in [2.75, 3.05) is 0 Å². The van der Waals surface area contributed by atoms with E-state index in [4.69, 9.17) is 4.74 Å². The third-order valence-corrected chi connectivity index (χ3v) is 10.2. The second-order valence-corrected chi connectivity index (χ2v) is 12.2. The van der Waals surface area contributed by atoms with Crippen molar-refractivity contribution >= 4 is 5.97 Å². The zero-order valence-corrected chi connectivity index (χ0v) is 24.3. The van der Waals surface area contributed by atoms with Gasteiger partial charge in [0.05, 0.1) is 0 Å². The first-order chi connectivity index (χ1) is 16.2. The highest BCUT2D eigenvalue weighted by molar-refractivity contribution is 5.66. The topological polar surface area (TPSA) is 26.3 Å². The lowest BCUT2D eigenvalue weighted by Gasteiger charge is -2.58. The van der Waals surface area contributed by atoms with Gasteiger partial charge in [0.1, 0.15) is 6.10 Å². The number of ether oxygens (including phenoxy) is 1. The number of fused-ring (bicyclic) bond motifs is 5. The predicted octanol–water partition coefficient (Wildman–Crippen LogP) is 9.77. The standard InChI is InChI=1S/C28H46O2.2C2H6/c1-19(2)8-6-7-9-21-11-13-25-24-12-10-22-18-23(30-20(3)29)14-16-28(22,5)26(24)15-17-27(21,25)4;2*1-2/h10,19,21,23-26H,6-9,11-18H2,1-5H3;2*1-2H3. The number of carbonyl (C=O) groups is 1. The lowest BCUT2D eigenvalue weighted by atomic mass is 9.47. The first-order valence-electron chi connectivity index (χ1n) is 15.1. The van der Waals surface area contributed by atoms with Gasteiger partial charge >= 0.3 is 5.97 Å². The van der Waals surface area contributed by atoms with E-state index in [1.54, 1.807) is 12.5 Å². The van der Waals surface area contributed by atoms with Gasteiger partial charge in [-0.1, -0.05) is 86.3 Å². The molecule has 3 fully saturated rings. The third kappa shape index (κ3) is 6.12. The van der Waals surface area contributed by atoms with Crippen molar-refractivity contribution in [3.05, 3.63) is 11.6 Å². The third-order valence-electron chi connectivity index (χ3n) is 10.2. The molecular formula is C32H58O2. The van der Waals surface area contributed by atoms with E-state index < -0.39 is 0 Å². The van der Waals surface area contributed by atoms with E-state index in [1.807, 2.05) is 27.7 Å². The fraction of sp³-hybridized carbons (Fsp3) is 0.906. The van der Waals surface area contributed by atoms with Crippen molar-refractivity contribution in [2.24, 2.45) is 40.4 Å². The van der Waals surface area contributed by atoms with Crippen LogP contribution in [0.1, 0.15) is 139 Å². The van der Waals surface area contributed by atoms with Gasteiger partial charge in [0, 0.05) is 13.3 Å². The SMILES string of the molecule is CC.CC.CC(=O)OC1CCC2(C)C(=CCC3C2CCC2(C)C(CCCCC(C)C)CCC32)C1. The maximum atomic E-state index is 11.5. The van der Waals surface area contributed by atoms with Crippen LogP contribution in [0.2, 0.25) is 0 Å². The molecular weight excluding hydrogens is 416 g/mol. The van der Waals surface area contributed by atoms with Crippen LogP contribution in [0.3, 0.4) is 0 Å². The van der Waals surface area contributed by atoms with Gasteiger partial charge < -0.3 is 4.74 Å². The average Bonchev–Trinajstić information content (AvgIpc) is 3.15. The summed E-state index contributed by atoms with van der Waals surface area (Å²) in [6.45, 7) is 19.5. The fourth-order valence-corrected chi connectivity index (χ4v) is 8.49. The average molecular weight is 475 g/mol. The van der Waals surface area contributed by atoms with Gasteiger partial charge in [-0.05, 0) is 91.8 Å². The summed E-state index contributed by atoms with van der Waals surface area (Å²) >= 11 is 0. The lowest BCUT2D eigenvalue weighted by molar-refractivity contribution is -0.148. The van der Waals surface area contributed by atoms with Crippen molar-refractivity contribution in [2.45, 2.75) is 145 Å². The molecule has 0 aromatic rings. The molecule has 3 saturated carbocycles. The summed E-state index contributed by atoms with van der Waals surface area (Å²) in [7, 11) is 0. The van der Waals surface area contributed by atoms with E-state index in [9.17, 15) is 4.79 Å². The van der Waals surface area contributed by atoms with Crippen LogP contribution in [0, 0.1) is 40.4 Å². The van der Waals surface area contributed by atoms with Crippen molar-refractivity contribution in [1.29, 1.82) is 0 Å². The summed E-state index contributed by atoms with van der Waals surface area (Å²) in [4.78, 5) is 11.5. The molecule has 0 bridgehead atoms. The maximum Gasteiger partial charge on any atom is 0.302 e. The van der Waals surface area contributed by atoms with E-state index in [0.717, 1.165) is 42.4 Å². The number of allylic oxidation sites excluding steroid dienone is 1. The highest BCUT2D eigenvalue weighted by Gasteiger charge is 2.58. The number of esters is 1. The number of hydrogen-bond acceptors (Lipinski definition) is 2. The van der Waals surface area contributed by atoms with E-state index in [1.165, 1.54) is 64.2 Å². The molecule has 4 aliphatic carbocycles. The first kappa shape index (κ1) is 29.4. The highest BCUT2D eigenvalue weighted by atomic mass is 16.5. The van der Waals surface area contributed by atoms with Gasteiger partial charge in [-0.3, -0.25) is 4.79 Å². The number of rotatable bonds is 6. The van der Waals surface area contributed by atoms with Crippen molar-refractivity contribution in [3.8, 4) is 0 Å². The molecule has 2 heteroatoms. The second kappa shape index (κ2) is 13.0. The van der Waals surface area contributed by atoms with Crippen molar-refractivity contribution < 1.29 is 9.53 Å². The molecule has 0 N–H and O–H groups in total. The summed E-state index contributed by atoms with van der Waals surface area (Å²) in [5.74, 6) is 4.39. The monoisotopic (exact) mass is 474 g/mol. The Morgan fingerprint density at radius 3 is 2.35 bits per heavy atom. The molecule has 0 radical (unpaired) electrons. The normalized spacial score (nSPS) is 38.2. The van der Waals surface area contributed by atoms with Crippen LogP contribution in [-0.2, 0) is 9.53 Å². The largest absolute Gasteiger partial charge is 0.462 e. The molecule has 0 aliphatic heterocycles. The first-order valence-corrected chi connectivity index (χ1v) is 15.1. The van der Waals surface area contributed by atoms with Crippen LogP contribution in [0.5, 0.6) is 0 Å². The van der Waals surface area contributed by atoms with E-state index in [-0.39, 0.29) is 12.1 Å². The minimum Gasteiger partial charge on any atom is -0.462 e. The molecule has 2 nitrogen and oxygen atoms in total. The summed E-state index contributed by atoms with van der Waals surface area (Å²) in [6.07, 6.45) is 18.8. The Bertz CT molecular complexity index is 664. The number of carbonyl (C=O) groups excluding carboxylic acids is 1. The highest BCUT2D eigenvalue weighted by Crippen LogP contribution is 2.66. The van der Waals surface area contributed by atoms with Gasteiger partial charge in [-0.2, -0.15) is 0 Å². The quantitative estimate of drug-likeness (QED) is 0.217. The van der Waals surface area contributed by atoms with E-state index in [2.05, 4.69) is 33.8 Å². The smallest absolute Gasteiger partial charge is 0.302 e. The Labute approximate surface area is 213 Å². The minimum atomic E-state index is -0.114. The summed E-state index contributed by atoms with van der Waals surface area (Å²) in [6, 6.07) is 0. The molecule has 0 amide bonds.